The van der Waals surface area contributed by atoms with E-state index in [1.807, 2.05) is 0 Å². The molecule has 1 unspecified atom stereocenters. The number of thiazole rings is 1. The molecule has 1 atom stereocenters. The van der Waals surface area contributed by atoms with Crippen LogP contribution in [0, 0.1) is 6.92 Å². The zero-order valence-corrected chi connectivity index (χ0v) is 12.0. The third-order valence-electron chi connectivity index (χ3n) is 2.54. The zero-order chi connectivity index (χ0) is 13.8. The molecular formula is C13H14N2O2S2. The summed E-state index contributed by atoms with van der Waals surface area (Å²) in [6, 6.07) is 7.23. The van der Waals surface area contributed by atoms with Crippen LogP contribution in [-0.2, 0) is 10.5 Å². The lowest BCUT2D eigenvalue weighted by Gasteiger charge is -2.01. The standard InChI is InChI=1S/C13H14N2O2S2/c1-8-2-4-9(5-3-8)18-7-11-15-10(6-19-11)12(14)13(16)17/h2-6,12H,7,14H2,1H3,(H,16,17). The van der Waals surface area contributed by atoms with Crippen LogP contribution in [0.25, 0.3) is 0 Å². The number of carboxylic acids is 1. The summed E-state index contributed by atoms with van der Waals surface area (Å²) in [5.41, 5.74) is 7.17. The van der Waals surface area contributed by atoms with Crippen LogP contribution in [0.5, 0.6) is 0 Å². The summed E-state index contributed by atoms with van der Waals surface area (Å²) in [4.78, 5) is 16.2. The number of benzene rings is 1. The number of carbonyl (C=O) groups is 1. The summed E-state index contributed by atoms with van der Waals surface area (Å²) in [5, 5.41) is 11.4. The van der Waals surface area contributed by atoms with Crippen LogP contribution >= 0.6 is 23.1 Å². The monoisotopic (exact) mass is 294 g/mol. The zero-order valence-electron chi connectivity index (χ0n) is 10.4. The number of hydrogen-bond donors (Lipinski definition) is 2. The van der Waals surface area contributed by atoms with Crippen LogP contribution in [0.4, 0.5) is 0 Å². The third kappa shape index (κ3) is 3.79. The first-order chi connectivity index (χ1) is 9.06. The second-order valence-electron chi connectivity index (χ2n) is 4.08. The molecule has 0 bridgehead atoms. The molecule has 4 nitrogen and oxygen atoms in total. The molecule has 0 aliphatic heterocycles. The van der Waals surface area contributed by atoms with Crippen molar-refractivity contribution in [2.45, 2.75) is 23.6 Å². The van der Waals surface area contributed by atoms with Crippen molar-refractivity contribution < 1.29 is 9.90 Å². The van der Waals surface area contributed by atoms with Crippen LogP contribution in [0.3, 0.4) is 0 Å². The fourth-order valence-corrected chi connectivity index (χ4v) is 3.19. The maximum atomic E-state index is 10.8. The minimum Gasteiger partial charge on any atom is -0.480 e. The maximum Gasteiger partial charge on any atom is 0.326 e. The second-order valence-corrected chi connectivity index (χ2v) is 6.08. The molecule has 0 saturated carbocycles. The van der Waals surface area contributed by atoms with E-state index in [0.29, 0.717) is 5.69 Å². The van der Waals surface area contributed by atoms with E-state index < -0.39 is 12.0 Å². The molecule has 1 aromatic carbocycles. The normalized spacial score (nSPS) is 12.3. The van der Waals surface area contributed by atoms with Gasteiger partial charge < -0.3 is 10.8 Å². The first kappa shape index (κ1) is 14.0. The van der Waals surface area contributed by atoms with Crippen molar-refractivity contribution in [1.82, 2.24) is 4.98 Å². The highest BCUT2D eigenvalue weighted by atomic mass is 32.2. The van der Waals surface area contributed by atoms with Gasteiger partial charge in [0.05, 0.1) is 11.4 Å². The van der Waals surface area contributed by atoms with Gasteiger partial charge >= 0.3 is 5.97 Å². The molecule has 100 valence electrons. The second kappa shape index (κ2) is 6.18. The lowest BCUT2D eigenvalue weighted by Crippen LogP contribution is -2.20. The van der Waals surface area contributed by atoms with E-state index in [1.165, 1.54) is 21.8 Å². The average molecular weight is 294 g/mol. The molecule has 1 aromatic heterocycles. The van der Waals surface area contributed by atoms with Crippen molar-refractivity contribution in [3.05, 3.63) is 45.9 Å². The molecule has 0 radical (unpaired) electrons. The molecule has 2 rings (SSSR count). The van der Waals surface area contributed by atoms with Crippen LogP contribution in [0.15, 0.2) is 34.5 Å². The summed E-state index contributed by atoms with van der Waals surface area (Å²) in [6.07, 6.45) is 0. The Morgan fingerprint density at radius 1 is 1.47 bits per heavy atom. The van der Waals surface area contributed by atoms with Crippen LogP contribution < -0.4 is 5.73 Å². The molecule has 0 saturated heterocycles. The lowest BCUT2D eigenvalue weighted by atomic mass is 10.2. The number of hydrogen-bond acceptors (Lipinski definition) is 5. The highest BCUT2D eigenvalue weighted by molar-refractivity contribution is 7.98. The largest absolute Gasteiger partial charge is 0.480 e. The van der Waals surface area contributed by atoms with E-state index in [2.05, 4.69) is 36.2 Å². The van der Waals surface area contributed by atoms with Gasteiger partial charge in [-0.3, -0.25) is 4.79 Å². The number of aliphatic carboxylic acids is 1. The Morgan fingerprint density at radius 3 is 2.79 bits per heavy atom. The van der Waals surface area contributed by atoms with Crippen molar-refractivity contribution in [3.8, 4) is 0 Å². The number of aromatic nitrogens is 1. The number of aryl methyl sites for hydroxylation is 1. The topological polar surface area (TPSA) is 76.2 Å². The van der Waals surface area contributed by atoms with E-state index in [1.54, 1.807) is 17.1 Å². The van der Waals surface area contributed by atoms with Gasteiger partial charge in [0.2, 0.25) is 0 Å². The Labute approximate surface area is 119 Å². The molecular weight excluding hydrogens is 280 g/mol. The molecule has 0 aliphatic rings. The third-order valence-corrected chi connectivity index (χ3v) is 4.61. The molecule has 0 spiro atoms. The van der Waals surface area contributed by atoms with Gasteiger partial charge in [-0.2, -0.15) is 0 Å². The van der Waals surface area contributed by atoms with E-state index in [4.69, 9.17) is 10.8 Å². The van der Waals surface area contributed by atoms with Crippen molar-refractivity contribution in [1.29, 1.82) is 0 Å². The molecule has 1 heterocycles. The smallest absolute Gasteiger partial charge is 0.326 e. The lowest BCUT2D eigenvalue weighted by molar-refractivity contribution is -0.138. The van der Waals surface area contributed by atoms with E-state index in [9.17, 15) is 4.79 Å². The van der Waals surface area contributed by atoms with Gasteiger partial charge in [0, 0.05) is 10.3 Å². The van der Waals surface area contributed by atoms with Gasteiger partial charge in [-0.1, -0.05) is 17.7 Å². The highest BCUT2D eigenvalue weighted by Gasteiger charge is 2.17. The van der Waals surface area contributed by atoms with Crippen molar-refractivity contribution in [2.24, 2.45) is 5.73 Å². The van der Waals surface area contributed by atoms with Crippen molar-refractivity contribution in [3.63, 3.8) is 0 Å². The Morgan fingerprint density at radius 2 is 2.16 bits per heavy atom. The summed E-state index contributed by atoms with van der Waals surface area (Å²) in [5.74, 6) is -0.330. The van der Waals surface area contributed by atoms with Gasteiger partial charge in [0.1, 0.15) is 11.0 Å². The predicted molar refractivity (Wildman–Crippen MR) is 77.4 cm³/mol. The molecule has 0 aliphatic carbocycles. The van der Waals surface area contributed by atoms with Crippen LogP contribution in [0.2, 0.25) is 0 Å². The quantitative estimate of drug-likeness (QED) is 0.829. The molecule has 2 aromatic rings. The first-order valence-corrected chi connectivity index (χ1v) is 7.55. The molecule has 0 amide bonds. The number of nitrogens with zero attached hydrogens (tertiary/aromatic N) is 1. The Kier molecular flexibility index (Phi) is 4.57. The Balaban J connectivity index is 1.97. The Hall–Kier alpha value is -1.37. The predicted octanol–water partition coefficient (Wildman–Crippen LogP) is 2.83. The summed E-state index contributed by atoms with van der Waals surface area (Å²) >= 11 is 3.12. The maximum absolute atomic E-state index is 10.8. The van der Waals surface area contributed by atoms with Crippen molar-refractivity contribution in [2.75, 3.05) is 0 Å². The van der Waals surface area contributed by atoms with Gasteiger partial charge in [0.25, 0.3) is 0 Å². The number of rotatable bonds is 5. The van der Waals surface area contributed by atoms with Crippen LogP contribution in [0.1, 0.15) is 22.3 Å². The van der Waals surface area contributed by atoms with E-state index in [0.717, 1.165) is 10.8 Å². The SMILES string of the molecule is Cc1ccc(SCc2nc(C(N)C(=O)O)cs2)cc1. The number of nitrogens with two attached hydrogens (primary N) is 1. The summed E-state index contributed by atoms with van der Waals surface area (Å²) in [6.45, 7) is 2.05. The molecule has 0 fully saturated rings. The minimum atomic E-state index is -1.05. The van der Waals surface area contributed by atoms with Gasteiger partial charge in [-0.15, -0.1) is 23.1 Å². The fraction of sp³-hybridized carbons (Fsp3) is 0.231. The molecule has 6 heteroatoms. The van der Waals surface area contributed by atoms with Gasteiger partial charge in [0.15, 0.2) is 0 Å². The molecule has 19 heavy (non-hydrogen) atoms. The van der Waals surface area contributed by atoms with Crippen molar-refractivity contribution >= 4 is 29.1 Å². The summed E-state index contributed by atoms with van der Waals surface area (Å²) in [7, 11) is 0. The van der Waals surface area contributed by atoms with Gasteiger partial charge in [-0.25, -0.2) is 4.98 Å². The van der Waals surface area contributed by atoms with E-state index in [-0.39, 0.29) is 0 Å². The fourth-order valence-electron chi connectivity index (χ4n) is 1.44. The van der Waals surface area contributed by atoms with Gasteiger partial charge in [-0.05, 0) is 19.1 Å². The van der Waals surface area contributed by atoms with E-state index >= 15 is 0 Å². The minimum absolute atomic E-state index is 0.428. The number of thioether (sulfide) groups is 1. The average Bonchev–Trinajstić information content (AvgIpc) is 2.86. The van der Waals surface area contributed by atoms with Crippen LogP contribution in [-0.4, -0.2) is 16.1 Å². The summed E-state index contributed by atoms with van der Waals surface area (Å²) < 4.78 is 0. The highest BCUT2D eigenvalue weighted by Crippen LogP contribution is 2.25. The first-order valence-electron chi connectivity index (χ1n) is 5.68. The Bertz CT molecular complexity index is 566. The molecule has 3 N–H and O–H groups in total. The number of carboxylic acid groups (broad SMARTS) is 1.